The summed E-state index contributed by atoms with van der Waals surface area (Å²) in [5, 5.41) is 5.91. The third-order valence-electron chi connectivity index (χ3n) is 2.73. The highest BCUT2D eigenvalue weighted by Gasteiger charge is 2.21. The minimum Gasteiger partial charge on any atom is -0.323 e. The Morgan fingerprint density at radius 3 is 3.00 bits per heavy atom. The Balaban J connectivity index is 2.05. The second-order valence-corrected chi connectivity index (χ2v) is 4.01. The van der Waals surface area contributed by atoms with Gasteiger partial charge in [-0.3, -0.25) is 9.59 Å². The van der Waals surface area contributed by atoms with Gasteiger partial charge in [-0.15, -0.1) is 0 Å². The van der Waals surface area contributed by atoms with Crippen molar-refractivity contribution in [1.82, 2.24) is 9.88 Å². The fourth-order valence-corrected chi connectivity index (χ4v) is 1.81. The van der Waals surface area contributed by atoms with Gasteiger partial charge in [-0.2, -0.15) is 0 Å². The number of aryl methyl sites for hydroxylation is 1. The van der Waals surface area contributed by atoms with E-state index in [1.165, 1.54) is 10.6 Å². The molecular formula is C11H15N3O2. The highest BCUT2D eigenvalue weighted by Crippen LogP contribution is 2.09. The van der Waals surface area contributed by atoms with E-state index >= 15 is 0 Å². The number of anilines is 1. The van der Waals surface area contributed by atoms with Crippen LogP contribution in [0.15, 0.2) is 23.1 Å². The molecule has 0 aromatic carbocycles. The Morgan fingerprint density at radius 1 is 1.56 bits per heavy atom. The lowest BCUT2D eigenvalue weighted by atomic mass is 10.2. The summed E-state index contributed by atoms with van der Waals surface area (Å²) < 4.78 is 1.44. The van der Waals surface area contributed by atoms with Crippen molar-refractivity contribution in [3.8, 4) is 0 Å². The van der Waals surface area contributed by atoms with E-state index < -0.39 is 0 Å². The molecule has 1 aromatic rings. The summed E-state index contributed by atoms with van der Waals surface area (Å²) in [6.45, 7) is 0.894. The predicted octanol–water partition coefficient (Wildman–Crippen LogP) is 0.0758. The Hall–Kier alpha value is -1.62. The fraction of sp³-hybridized carbons (Fsp3) is 0.455. The van der Waals surface area contributed by atoms with E-state index in [4.69, 9.17) is 0 Å². The van der Waals surface area contributed by atoms with E-state index in [1.54, 1.807) is 19.3 Å². The number of carbonyl (C=O) groups is 1. The maximum atomic E-state index is 11.7. The molecule has 16 heavy (non-hydrogen) atoms. The molecule has 1 aliphatic rings. The van der Waals surface area contributed by atoms with Crippen LogP contribution in [0.2, 0.25) is 0 Å². The van der Waals surface area contributed by atoms with Crippen molar-refractivity contribution in [2.75, 3.05) is 11.9 Å². The van der Waals surface area contributed by atoms with Gasteiger partial charge in [0.2, 0.25) is 11.5 Å². The summed E-state index contributed by atoms with van der Waals surface area (Å²) in [6.07, 6.45) is 3.53. The highest BCUT2D eigenvalue weighted by atomic mass is 16.2. The molecule has 0 spiro atoms. The predicted molar refractivity (Wildman–Crippen MR) is 61.3 cm³/mol. The summed E-state index contributed by atoms with van der Waals surface area (Å²) in [6, 6.07) is 2.96. The van der Waals surface area contributed by atoms with E-state index in [0.717, 1.165) is 19.4 Å². The molecule has 1 fully saturated rings. The quantitative estimate of drug-likeness (QED) is 0.743. The van der Waals surface area contributed by atoms with Crippen molar-refractivity contribution in [3.05, 3.63) is 28.7 Å². The van der Waals surface area contributed by atoms with E-state index in [-0.39, 0.29) is 17.5 Å². The number of amides is 1. The van der Waals surface area contributed by atoms with Crippen molar-refractivity contribution >= 4 is 11.6 Å². The average Bonchev–Trinajstić information content (AvgIpc) is 2.77. The molecule has 1 saturated heterocycles. The molecule has 2 heterocycles. The Bertz CT molecular complexity index is 447. The molecule has 0 radical (unpaired) electrons. The van der Waals surface area contributed by atoms with Crippen LogP contribution in [0.25, 0.3) is 0 Å². The molecule has 2 rings (SSSR count). The van der Waals surface area contributed by atoms with Gasteiger partial charge < -0.3 is 15.2 Å². The molecule has 1 aliphatic heterocycles. The first-order valence-corrected chi connectivity index (χ1v) is 5.38. The molecule has 1 amide bonds. The maximum absolute atomic E-state index is 11.7. The van der Waals surface area contributed by atoms with Crippen LogP contribution in [0.1, 0.15) is 12.8 Å². The smallest absolute Gasteiger partial charge is 0.250 e. The zero-order valence-electron chi connectivity index (χ0n) is 9.19. The van der Waals surface area contributed by atoms with Gasteiger partial charge in [-0.05, 0) is 25.5 Å². The summed E-state index contributed by atoms with van der Waals surface area (Å²) in [5.41, 5.74) is 0.567. The van der Waals surface area contributed by atoms with E-state index in [9.17, 15) is 9.59 Å². The lowest BCUT2D eigenvalue weighted by molar-refractivity contribution is -0.117. The third-order valence-corrected chi connectivity index (χ3v) is 2.73. The standard InChI is InChI=1S/C11H15N3O2/c1-14-7-8(4-5-10(14)15)13-11(16)9-3-2-6-12-9/h4-5,7,9,12H,2-3,6H2,1H3,(H,13,16). The number of hydrogen-bond donors (Lipinski definition) is 2. The minimum absolute atomic E-state index is 0.0313. The number of carbonyl (C=O) groups excluding carboxylic acids is 1. The van der Waals surface area contributed by atoms with Gasteiger partial charge in [0.25, 0.3) is 0 Å². The molecule has 1 atom stereocenters. The first-order valence-electron chi connectivity index (χ1n) is 5.38. The Labute approximate surface area is 93.5 Å². The molecule has 5 heteroatoms. The number of hydrogen-bond acceptors (Lipinski definition) is 3. The van der Waals surface area contributed by atoms with Crippen molar-refractivity contribution < 1.29 is 4.79 Å². The average molecular weight is 221 g/mol. The second-order valence-electron chi connectivity index (χ2n) is 4.01. The van der Waals surface area contributed by atoms with Gasteiger partial charge in [0.1, 0.15) is 0 Å². The molecule has 0 aliphatic carbocycles. The monoisotopic (exact) mass is 221 g/mol. The summed E-state index contributed by atoms with van der Waals surface area (Å²) >= 11 is 0. The highest BCUT2D eigenvalue weighted by molar-refractivity contribution is 5.94. The Kier molecular flexibility index (Phi) is 3.05. The van der Waals surface area contributed by atoms with Crippen molar-refractivity contribution in [3.63, 3.8) is 0 Å². The van der Waals surface area contributed by atoms with E-state index in [0.29, 0.717) is 5.69 Å². The normalized spacial score (nSPS) is 19.7. The van der Waals surface area contributed by atoms with Crippen LogP contribution in [0.3, 0.4) is 0 Å². The largest absolute Gasteiger partial charge is 0.323 e. The zero-order chi connectivity index (χ0) is 11.5. The molecule has 86 valence electrons. The van der Waals surface area contributed by atoms with Crippen LogP contribution >= 0.6 is 0 Å². The van der Waals surface area contributed by atoms with Crippen molar-refractivity contribution in [2.24, 2.45) is 7.05 Å². The molecule has 1 unspecified atom stereocenters. The zero-order valence-corrected chi connectivity index (χ0v) is 9.19. The van der Waals surface area contributed by atoms with E-state index in [1.807, 2.05) is 0 Å². The first-order chi connectivity index (χ1) is 7.66. The van der Waals surface area contributed by atoms with Crippen LogP contribution in [0, 0.1) is 0 Å². The summed E-state index contributed by atoms with van der Waals surface area (Å²) in [5.74, 6) is -0.0313. The number of rotatable bonds is 2. The van der Waals surface area contributed by atoms with Crippen LogP contribution in [0.5, 0.6) is 0 Å². The van der Waals surface area contributed by atoms with Crippen LogP contribution in [-0.4, -0.2) is 23.1 Å². The number of nitrogens with zero attached hydrogens (tertiary/aromatic N) is 1. The van der Waals surface area contributed by atoms with Gasteiger partial charge in [0.05, 0.1) is 11.7 Å². The lowest BCUT2D eigenvalue weighted by Crippen LogP contribution is -2.35. The lowest BCUT2D eigenvalue weighted by Gasteiger charge is -2.11. The molecule has 2 N–H and O–H groups in total. The topological polar surface area (TPSA) is 63.1 Å². The van der Waals surface area contributed by atoms with Crippen LogP contribution in [0.4, 0.5) is 5.69 Å². The van der Waals surface area contributed by atoms with Gasteiger partial charge in [-0.25, -0.2) is 0 Å². The molecule has 0 saturated carbocycles. The number of aromatic nitrogens is 1. The number of pyridine rings is 1. The van der Waals surface area contributed by atoms with E-state index in [2.05, 4.69) is 10.6 Å². The molecule has 1 aromatic heterocycles. The molecular weight excluding hydrogens is 206 g/mol. The summed E-state index contributed by atoms with van der Waals surface area (Å²) in [4.78, 5) is 22.9. The molecule has 0 bridgehead atoms. The van der Waals surface area contributed by atoms with Crippen molar-refractivity contribution in [1.29, 1.82) is 0 Å². The first kappa shape index (κ1) is 10.9. The Morgan fingerprint density at radius 2 is 2.38 bits per heavy atom. The van der Waals surface area contributed by atoms with Gasteiger partial charge >= 0.3 is 0 Å². The number of nitrogens with one attached hydrogen (secondary N) is 2. The van der Waals surface area contributed by atoms with Gasteiger partial charge in [-0.1, -0.05) is 0 Å². The van der Waals surface area contributed by atoms with Crippen LogP contribution in [-0.2, 0) is 11.8 Å². The van der Waals surface area contributed by atoms with Crippen molar-refractivity contribution in [2.45, 2.75) is 18.9 Å². The third kappa shape index (κ3) is 2.30. The van der Waals surface area contributed by atoms with Gasteiger partial charge in [0.15, 0.2) is 0 Å². The van der Waals surface area contributed by atoms with Crippen LogP contribution < -0.4 is 16.2 Å². The molecule has 5 nitrogen and oxygen atoms in total. The van der Waals surface area contributed by atoms with Gasteiger partial charge in [0, 0.05) is 19.3 Å². The maximum Gasteiger partial charge on any atom is 0.250 e. The minimum atomic E-state index is -0.0998. The SMILES string of the molecule is Cn1cc(NC(=O)C2CCCN2)ccc1=O. The second kappa shape index (κ2) is 4.49. The summed E-state index contributed by atoms with van der Waals surface area (Å²) in [7, 11) is 1.66. The fourth-order valence-electron chi connectivity index (χ4n) is 1.81.